The molecule has 19 heteroatoms. The molecule has 0 bridgehead atoms. The van der Waals surface area contributed by atoms with Crippen molar-refractivity contribution in [2.24, 2.45) is 0 Å². The van der Waals surface area contributed by atoms with E-state index in [1.54, 1.807) is 0 Å². The van der Waals surface area contributed by atoms with Crippen molar-refractivity contribution in [1.82, 2.24) is 0 Å². The van der Waals surface area contributed by atoms with Gasteiger partial charge in [0.2, 0.25) is 0 Å². The summed E-state index contributed by atoms with van der Waals surface area (Å²) in [6, 6.07) is 0. The van der Waals surface area contributed by atoms with Crippen LogP contribution in [0.2, 0.25) is 0 Å². The first-order valence-corrected chi connectivity index (χ1v) is 43.8. The van der Waals surface area contributed by atoms with Crippen molar-refractivity contribution in [1.29, 1.82) is 0 Å². The first kappa shape index (κ1) is 99.5. The zero-order valence-corrected chi connectivity index (χ0v) is 67.2. The third kappa shape index (κ3) is 75.7. The van der Waals surface area contributed by atoms with Crippen LogP contribution in [0, 0.1) is 0 Å². The average molecular weight is 1500 g/mol. The molecular weight excluding hydrogens is 1350 g/mol. The smallest absolute Gasteiger partial charge is 0.462 e. The molecule has 5 atom stereocenters. The highest BCUT2D eigenvalue weighted by molar-refractivity contribution is 7.47. The fraction of sp³-hybridized carbons (Fsp3) is 0.718. The molecule has 104 heavy (non-hydrogen) atoms. The summed E-state index contributed by atoms with van der Waals surface area (Å²) in [5, 5.41) is 10.6. The number of ether oxygens (including phenoxy) is 4. The topological polar surface area (TPSA) is 237 Å². The Morgan fingerprint density at radius 1 is 0.279 bits per heavy atom. The summed E-state index contributed by atoms with van der Waals surface area (Å²) in [6.07, 6.45) is 84.7. The molecule has 0 aliphatic heterocycles. The predicted octanol–water partition coefficient (Wildman–Crippen LogP) is 23.9. The Morgan fingerprint density at radius 3 is 0.856 bits per heavy atom. The SMILES string of the molecule is CC/C=C\C/C=C\C/C=C\C/C=C\C/C=C\C/C=C\CCC(=O)O[C@H](COC(=O)CCCCCCC/C=C\CCCCCCCC)COP(=O)(O)OC[C@@H](O)COP(=O)(O)OC[C@@H](COC(=O)CCCCCCC/C=C\CCCCCCCC)OC(=O)CCCCCCC/C=C\C/C=C\CCCCC. The lowest BCUT2D eigenvalue weighted by Gasteiger charge is -2.21. The third-order valence-corrected chi connectivity index (χ3v) is 18.8. The van der Waals surface area contributed by atoms with Gasteiger partial charge in [-0.2, -0.15) is 0 Å². The van der Waals surface area contributed by atoms with Crippen LogP contribution in [0.1, 0.15) is 336 Å². The molecule has 0 radical (unpaired) electrons. The van der Waals surface area contributed by atoms with Gasteiger partial charge in [0.25, 0.3) is 0 Å². The lowest BCUT2D eigenvalue weighted by atomic mass is 10.1. The summed E-state index contributed by atoms with van der Waals surface area (Å²) in [7, 11) is -9.99. The number of carbonyl (C=O) groups is 4. The molecule has 17 nitrogen and oxygen atoms in total. The van der Waals surface area contributed by atoms with E-state index < -0.39 is 97.5 Å². The minimum absolute atomic E-state index is 0.0338. The maximum Gasteiger partial charge on any atom is 0.472 e. The number of carbonyl (C=O) groups excluding carboxylic acids is 4. The number of phosphoric acid groups is 2. The summed E-state index contributed by atoms with van der Waals surface area (Å²) < 4.78 is 68.5. The Labute approximate surface area is 632 Å². The second-order valence-electron chi connectivity index (χ2n) is 27.0. The van der Waals surface area contributed by atoms with E-state index in [1.807, 2.05) is 18.2 Å². The molecule has 3 N–H and O–H groups in total. The van der Waals surface area contributed by atoms with E-state index in [0.29, 0.717) is 32.1 Å². The van der Waals surface area contributed by atoms with Crippen molar-refractivity contribution in [3.8, 4) is 0 Å². The molecule has 0 saturated heterocycles. The Hall–Kier alpha value is -4.54. The van der Waals surface area contributed by atoms with Crippen LogP contribution in [0.25, 0.3) is 0 Å². The van der Waals surface area contributed by atoms with Gasteiger partial charge in [-0.25, -0.2) is 9.13 Å². The number of aliphatic hydroxyl groups is 1. The molecule has 0 saturated carbocycles. The van der Waals surface area contributed by atoms with Gasteiger partial charge in [0.15, 0.2) is 12.2 Å². The highest BCUT2D eigenvalue weighted by Gasteiger charge is 2.30. The molecule has 0 aliphatic rings. The zero-order chi connectivity index (χ0) is 76.0. The van der Waals surface area contributed by atoms with E-state index in [0.717, 1.165) is 154 Å². The number of hydrogen-bond donors (Lipinski definition) is 3. The number of esters is 4. The van der Waals surface area contributed by atoms with E-state index in [4.69, 9.17) is 37.0 Å². The number of rotatable bonds is 76. The van der Waals surface area contributed by atoms with Crippen LogP contribution in [-0.4, -0.2) is 96.7 Å². The third-order valence-electron chi connectivity index (χ3n) is 16.9. The fourth-order valence-corrected chi connectivity index (χ4v) is 12.3. The highest BCUT2D eigenvalue weighted by atomic mass is 31.2. The molecule has 598 valence electrons. The summed E-state index contributed by atoms with van der Waals surface area (Å²) in [5.41, 5.74) is 0. The molecule has 0 aromatic heterocycles. The van der Waals surface area contributed by atoms with Gasteiger partial charge in [-0.05, 0) is 148 Å². The number of aliphatic hydroxyl groups excluding tert-OH is 1. The van der Waals surface area contributed by atoms with Crippen LogP contribution in [-0.2, 0) is 65.4 Å². The van der Waals surface area contributed by atoms with Crippen molar-refractivity contribution >= 4 is 39.5 Å². The quantitative estimate of drug-likeness (QED) is 0.0169. The van der Waals surface area contributed by atoms with Gasteiger partial charge in [0.05, 0.1) is 26.4 Å². The monoisotopic (exact) mass is 1500 g/mol. The van der Waals surface area contributed by atoms with Crippen molar-refractivity contribution in [2.45, 2.75) is 354 Å². The van der Waals surface area contributed by atoms with Crippen LogP contribution in [0.5, 0.6) is 0 Å². The summed E-state index contributed by atoms with van der Waals surface area (Å²) in [6.45, 7) is 4.63. The molecule has 0 aliphatic carbocycles. The molecule has 0 aromatic rings. The standard InChI is InChI=1S/C85H146O17P2/c1-5-9-13-17-21-25-29-33-37-38-39-40-44-48-52-56-60-64-68-72-85(90)102-81(76-96-83(88)70-66-62-58-54-50-46-42-35-31-27-23-19-15-11-7-3)78-100-104(93,94)98-74-79(86)73-97-103(91,92)99-77-80(101-84(89)71-67-63-59-55-51-47-43-36-32-28-24-20-16-12-8-4)75-95-82(87)69-65-61-57-53-49-45-41-34-30-26-22-18-14-10-6-2/h9,13,21,24-25,28,33-37,39-43,48,52,60,64,79-81,86H,5-8,10-12,14-20,22-23,26-27,29-32,38,44-47,49-51,53-59,61-63,65-78H2,1-4H3,(H,91,92)(H,93,94)/b13-9-,25-21-,28-24-,37-33-,40-39-,41-34-,42-35-,43-36-,52-48-,64-60-/t79-,80+,81+/m0/s1. The van der Waals surface area contributed by atoms with Gasteiger partial charge in [-0.3, -0.25) is 37.3 Å². The van der Waals surface area contributed by atoms with E-state index in [2.05, 4.69) is 131 Å². The minimum atomic E-state index is -5.00. The van der Waals surface area contributed by atoms with Gasteiger partial charge < -0.3 is 33.8 Å². The average Bonchev–Trinajstić information content (AvgIpc) is 0.943. The Balaban J connectivity index is 5.45. The van der Waals surface area contributed by atoms with Gasteiger partial charge in [0, 0.05) is 25.7 Å². The van der Waals surface area contributed by atoms with Crippen LogP contribution in [0.15, 0.2) is 122 Å². The number of phosphoric ester groups is 2. The van der Waals surface area contributed by atoms with Crippen molar-refractivity contribution in [3.63, 3.8) is 0 Å². The number of allylic oxidation sites excluding steroid dienone is 20. The number of hydrogen-bond acceptors (Lipinski definition) is 15. The normalized spacial score (nSPS) is 14.5. The molecule has 2 unspecified atom stereocenters. The summed E-state index contributed by atoms with van der Waals surface area (Å²) in [4.78, 5) is 73.0. The second-order valence-corrected chi connectivity index (χ2v) is 29.9. The first-order valence-electron chi connectivity index (χ1n) is 40.8. The molecule has 0 heterocycles. The molecule has 0 fully saturated rings. The molecule has 0 amide bonds. The largest absolute Gasteiger partial charge is 0.472 e. The minimum Gasteiger partial charge on any atom is -0.462 e. The first-order chi connectivity index (χ1) is 50.7. The lowest BCUT2D eigenvalue weighted by molar-refractivity contribution is -0.161. The summed E-state index contributed by atoms with van der Waals surface area (Å²) >= 11 is 0. The molecular formula is C85H146O17P2. The predicted molar refractivity (Wildman–Crippen MR) is 427 cm³/mol. The van der Waals surface area contributed by atoms with E-state index in [1.165, 1.54) is 96.3 Å². The van der Waals surface area contributed by atoms with E-state index in [-0.39, 0.29) is 25.7 Å². The van der Waals surface area contributed by atoms with E-state index in [9.17, 15) is 43.2 Å². The highest BCUT2D eigenvalue weighted by Crippen LogP contribution is 2.45. The summed E-state index contributed by atoms with van der Waals surface area (Å²) in [5.74, 6) is -2.30. The lowest BCUT2D eigenvalue weighted by Crippen LogP contribution is -2.30. The maximum atomic E-state index is 13.1. The fourth-order valence-electron chi connectivity index (χ4n) is 10.7. The Kier molecular flexibility index (Phi) is 73.3. The number of unbranched alkanes of at least 4 members (excludes halogenated alkanes) is 30. The Bertz CT molecular complexity index is 2440. The van der Waals surface area contributed by atoms with Crippen LogP contribution < -0.4 is 0 Å². The maximum absolute atomic E-state index is 13.1. The van der Waals surface area contributed by atoms with Crippen molar-refractivity contribution < 1.29 is 80.2 Å². The van der Waals surface area contributed by atoms with Crippen molar-refractivity contribution in [3.05, 3.63) is 122 Å². The van der Waals surface area contributed by atoms with Crippen LogP contribution >= 0.6 is 15.6 Å². The van der Waals surface area contributed by atoms with Gasteiger partial charge in [0.1, 0.15) is 19.3 Å². The van der Waals surface area contributed by atoms with Gasteiger partial charge in [-0.15, -0.1) is 0 Å². The van der Waals surface area contributed by atoms with Gasteiger partial charge in [-0.1, -0.05) is 284 Å². The molecule has 0 aromatic carbocycles. The zero-order valence-electron chi connectivity index (χ0n) is 65.4. The van der Waals surface area contributed by atoms with Crippen LogP contribution in [0.4, 0.5) is 0 Å². The van der Waals surface area contributed by atoms with Crippen LogP contribution in [0.3, 0.4) is 0 Å². The van der Waals surface area contributed by atoms with E-state index >= 15 is 0 Å². The molecule has 0 rings (SSSR count). The molecule has 0 spiro atoms. The Morgan fingerprint density at radius 2 is 0.519 bits per heavy atom. The van der Waals surface area contributed by atoms with Gasteiger partial charge >= 0.3 is 39.5 Å². The van der Waals surface area contributed by atoms with Crippen molar-refractivity contribution in [2.75, 3.05) is 39.6 Å². The second kappa shape index (κ2) is 76.6.